The minimum absolute atomic E-state index is 0.0677. The molecule has 4 rings (SSSR count). The van der Waals surface area contributed by atoms with Gasteiger partial charge in [-0.3, -0.25) is 0 Å². The predicted molar refractivity (Wildman–Crippen MR) is 88.8 cm³/mol. The standard InChI is InChI=1S/C19H20N2O/c22-18-20-17-10-9-15(14-7-3-1-4-8-14)13-16(17)19(21-18)11-5-2-6-12-19/h1,3-4,7-10,13H,2,5-6,11-12H2,(H2,20,21,22). The number of urea groups is 1. The van der Waals surface area contributed by atoms with Crippen LogP contribution in [0.4, 0.5) is 10.5 Å². The van der Waals surface area contributed by atoms with E-state index >= 15 is 0 Å². The number of hydrogen-bond acceptors (Lipinski definition) is 1. The van der Waals surface area contributed by atoms with Crippen LogP contribution in [0.15, 0.2) is 48.5 Å². The first-order valence-corrected chi connectivity index (χ1v) is 8.06. The van der Waals surface area contributed by atoms with Crippen molar-refractivity contribution in [2.45, 2.75) is 37.6 Å². The third-order valence-electron chi connectivity index (χ3n) is 4.95. The molecule has 2 aliphatic rings. The Bertz CT molecular complexity index is 703. The average Bonchev–Trinajstić information content (AvgIpc) is 2.56. The lowest BCUT2D eigenvalue weighted by Crippen LogP contribution is -2.52. The Hall–Kier alpha value is -2.29. The van der Waals surface area contributed by atoms with Crippen LogP contribution in [0.25, 0.3) is 11.1 Å². The molecule has 0 bridgehead atoms. The van der Waals surface area contributed by atoms with Crippen molar-refractivity contribution in [3.63, 3.8) is 0 Å². The molecule has 0 unspecified atom stereocenters. The quantitative estimate of drug-likeness (QED) is 0.789. The SMILES string of the molecule is O=C1Nc2ccc(-c3ccccc3)cc2C2(CCCCC2)N1. The van der Waals surface area contributed by atoms with E-state index in [4.69, 9.17) is 0 Å². The van der Waals surface area contributed by atoms with Crippen molar-refractivity contribution < 1.29 is 4.79 Å². The van der Waals surface area contributed by atoms with E-state index < -0.39 is 0 Å². The van der Waals surface area contributed by atoms with Crippen LogP contribution in [0.2, 0.25) is 0 Å². The molecule has 1 aliphatic heterocycles. The summed E-state index contributed by atoms with van der Waals surface area (Å²) in [6.07, 6.45) is 5.68. The van der Waals surface area contributed by atoms with Crippen molar-refractivity contribution in [3.05, 3.63) is 54.1 Å². The number of anilines is 1. The Morgan fingerprint density at radius 2 is 1.64 bits per heavy atom. The van der Waals surface area contributed by atoms with Gasteiger partial charge in [0.2, 0.25) is 0 Å². The summed E-state index contributed by atoms with van der Waals surface area (Å²) in [5.74, 6) is 0. The van der Waals surface area contributed by atoms with Gasteiger partial charge < -0.3 is 10.6 Å². The van der Waals surface area contributed by atoms with E-state index in [-0.39, 0.29) is 11.6 Å². The van der Waals surface area contributed by atoms with E-state index in [1.807, 2.05) is 12.1 Å². The van der Waals surface area contributed by atoms with E-state index in [9.17, 15) is 4.79 Å². The van der Waals surface area contributed by atoms with Gasteiger partial charge in [0, 0.05) is 11.3 Å². The molecule has 0 radical (unpaired) electrons. The molecule has 22 heavy (non-hydrogen) atoms. The molecule has 2 aromatic carbocycles. The molecule has 1 heterocycles. The molecule has 1 aliphatic carbocycles. The Labute approximate surface area is 130 Å². The van der Waals surface area contributed by atoms with Crippen LogP contribution in [0.1, 0.15) is 37.7 Å². The van der Waals surface area contributed by atoms with Crippen molar-refractivity contribution in [2.75, 3.05) is 5.32 Å². The van der Waals surface area contributed by atoms with Crippen molar-refractivity contribution in [1.29, 1.82) is 0 Å². The monoisotopic (exact) mass is 292 g/mol. The highest BCUT2D eigenvalue weighted by Crippen LogP contribution is 2.43. The van der Waals surface area contributed by atoms with Crippen LogP contribution in [-0.4, -0.2) is 6.03 Å². The number of fused-ring (bicyclic) bond motifs is 2. The molecule has 3 nitrogen and oxygen atoms in total. The van der Waals surface area contributed by atoms with Gasteiger partial charge in [-0.15, -0.1) is 0 Å². The number of nitrogens with one attached hydrogen (secondary N) is 2. The lowest BCUT2D eigenvalue weighted by atomic mass is 9.74. The van der Waals surface area contributed by atoms with Crippen molar-refractivity contribution >= 4 is 11.7 Å². The fraction of sp³-hybridized carbons (Fsp3) is 0.316. The highest BCUT2D eigenvalue weighted by Gasteiger charge is 2.40. The van der Waals surface area contributed by atoms with E-state index in [2.05, 4.69) is 47.0 Å². The molecule has 1 fully saturated rings. The molecule has 0 aromatic heterocycles. The zero-order chi connectivity index (χ0) is 15.0. The Kier molecular flexibility index (Phi) is 3.14. The Morgan fingerprint density at radius 1 is 0.864 bits per heavy atom. The van der Waals surface area contributed by atoms with Crippen molar-refractivity contribution in [3.8, 4) is 11.1 Å². The molecule has 2 aromatic rings. The maximum atomic E-state index is 12.0. The van der Waals surface area contributed by atoms with E-state index in [0.717, 1.165) is 18.5 Å². The second kappa shape index (κ2) is 5.16. The second-order valence-electron chi connectivity index (χ2n) is 6.35. The first-order chi connectivity index (χ1) is 10.8. The maximum absolute atomic E-state index is 12.0. The zero-order valence-corrected chi connectivity index (χ0v) is 12.6. The molecular weight excluding hydrogens is 272 g/mol. The van der Waals surface area contributed by atoms with E-state index in [1.54, 1.807) is 0 Å². The number of hydrogen-bond donors (Lipinski definition) is 2. The minimum atomic E-state index is -0.180. The molecule has 1 spiro atoms. The highest BCUT2D eigenvalue weighted by molar-refractivity contribution is 5.94. The normalized spacial score (nSPS) is 19.2. The third kappa shape index (κ3) is 2.17. The molecule has 1 saturated carbocycles. The fourth-order valence-corrected chi connectivity index (χ4v) is 3.85. The smallest absolute Gasteiger partial charge is 0.319 e. The second-order valence-corrected chi connectivity index (χ2v) is 6.35. The maximum Gasteiger partial charge on any atom is 0.319 e. The minimum Gasteiger partial charge on any atom is -0.328 e. The molecule has 112 valence electrons. The van der Waals surface area contributed by atoms with Crippen LogP contribution >= 0.6 is 0 Å². The number of carbonyl (C=O) groups is 1. The largest absolute Gasteiger partial charge is 0.328 e. The Morgan fingerprint density at radius 3 is 2.41 bits per heavy atom. The lowest BCUT2D eigenvalue weighted by Gasteiger charge is -2.42. The summed E-state index contributed by atoms with van der Waals surface area (Å²) in [7, 11) is 0. The van der Waals surface area contributed by atoms with Gasteiger partial charge in [0.1, 0.15) is 0 Å². The zero-order valence-electron chi connectivity index (χ0n) is 12.6. The summed E-state index contributed by atoms with van der Waals surface area (Å²) >= 11 is 0. The summed E-state index contributed by atoms with van der Waals surface area (Å²) in [5, 5.41) is 6.18. The summed E-state index contributed by atoms with van der Waals surface area (Å²) < 4.78 is 0. The first-order valence-electron chi connectivity index (χ1n) is 8.06. The molecule has 0 atom stereocenters. The fourth-order valence-electron chi connectivity index (χ4n) is 3.85. The molecular formula is C19H20N2O. The number of rotatable bonds is 1. The van der Waals surface area contributed by atoms with E-state index in [1.165, 1.54) is 36.0 Å². The highest BCUT2D eigenvalue weighted by atomic mass is 16.2. The third-order valence-corrected chi connectivity index (χ3v) is 4.95. The number of carbonyl (C=O) groups excluding carboxylic acids is 1. The topological polar surface area (TPSA) is 41.1 Å². The Balaban J connectivity index is 1.83. The van der Waals surface area contributed by atoms with Crippen molar-refractivity contribution in [1.82, 2.24) is 5.32 Å². The van der Waals surface area contributed by atoms with Crippen LogP contribution in [0.3, 0.4) is 0 Å². The molecule has 2 amide bonds. The van der Waals surface area contributed by atoms with Crippen LogP contribution in [-0.2, 0) is 5.54 Å². The van der Waals surface area contributed by atoms with Gasteiger partial charge in [0.15, 0.2) is 0 Å². The first kappa shape index (κ1) is 13.4. The van der Waals surface area contributed by atoms with Gasteiger partial charge in [-0.2, -0.15) is 0 Å². The molecule has 0 saturated heterocycles. The lowest BCUT2D eigenvalue weighted by molar-refractivity contribution is 0.209. The molecule has 3 heteroatoms. The van der Waals surface area contributed by atoms with Crippen LogP contribution < -0.4 is 10.6 Å². The number of benzene rings is 2. The van der Waals surface area contributed by atoms with Gasteiger partial charge in [-0.25, -0.2) is 4.79 Å². The van der Waals surface area contributed by atoms with Gasteiger partial charge in [-0.1, -0.05) is 55.7 Å². The van der Waals surface area contributed by atoms with Crippen LogP contribution in [0.5, 0.6) is 0 Å². The summed E-state index contributed by atoms with van der Waals surface area (Å²) in [6, 6.07) is 16.7. The van der Waals surface area contributed by atoms with Crippen molar-refractivity contribution in [2.24, 2.45) is 0 Å². The summed E-state index contributed by atoms with van der Waals surface area (Å²) in [6.45, 7) is 0. The van der Waals surface area contributed by atoms with Gasteiger partial charge in [0.05, 0.1) is 5.54 Å². The number of amides is 2. The molecule has 2 N–H and O–H groups in total. The van der Waals surface area contributed by atoms with Crippen LogP contribution in [0, 0.1) is 0 Å². The van der Waals surface area contributed by atoms with Gasteiger partial charge in [-0.05, 0) is 36.1 Å². The predicted octanol–water partition coefficient (Wildman–Crippen LogP) is 4.65. The van der Waals surface area contributed by atoms with Gasteiger partial charge in [0.25, 0.3) is 0 Å². The summed E-state index contributed by atoms with van der Waals surface area (Å²) in [4.78, 5) is 12.0. The van der Waals surface area contributed by atoms with E-state index in [0.29, 0.717) is 0 Å². The average molecular weight is 292 g/mol. The summed E-state index contributed by atoms with van der Waals surface area (Å²) in [5.41, 5.74) is 4.45. The van der Waals surface area contributed by atoms with Gasteiger partial charge >= 0.3 is 6.03 Å².